The van der Waals surface area contributed by atoms with Crippen molar-refractivity contribution >= 4 is 23.6 Å². The molecule has 132 valence electrons. The first-order chi connectivity index (χ1) is 12.0. The van der Waals surface area contributed by atoms with Gasteiger partial charge >= 0.3 is 6.09 Å². The second-order valence-electron chi connectivity index (χ2n) is 5.71. The molecule has 2 amide bonds. The second-order valence-corrected chi connectivity index (χ2v) is 6.12. The highest BCUT2D eigenvalue weighted by Gasteiger charge is 2.20. The van der Waals surface area contributed by atoms with Gasteiger partial charge in [-0.25, -0.2) is 4.79 Å². The minimum atomic E-state index is -0.698. The van der Waals surface area contributed by atoms with Crippen molar-refractivity contribution in [3.8, 4) is 0 Å². The van der Waals surface area contributed by atoms with E-state index in [4.69, 9.17) is 16.3 Å². The van der Waals surface area contributed by atoms with Crippen molar-refractivity contribution in [2.45, 2.75) is 26.1 Å². The molecule has 0 unspecified atom stereocenters. The highest BCUT2D eigenvalue weighted by atomic mass is 35.5. The zero-order valence-corrected chi connectivity index (χ0v) is 15.0. The van der Waals surface area contributed by atoms with E-state index in [0.29, 0.717) is 11.6 Å². The molecule has 1 atom stereocenters. The SMILES string of the molecule is C[C@H](NC(=O)OCc1ccccc1)C(=O)N(C)Cc1ccccc1Cl. The van der Waals surface area contributed by atoms with Crippen molar-refractivity contribution in [1.82, 2.24) is 10.2 Å². The number of hydrogen-bond acceptors (Lipinski definition) is 3. The lowest BCUT2D eigenvalue weighted by molar-refractivity contribution is -0.132. The van der Waals surface area contributed by atoms with Crippen molar-refractivity contribution < 1.29 is 14.3 Å². The molecule has 0 aliphatic rings. The van der Waals surface area contributed by atoms with Gasteiger partial charge in [-0.1, -0.05) is 60.1 Å². The van der Waals surface area contributed by atoms with Crippen LogP contribution in [0.2, 0.25) is 5.02 Å². The number of rotatable bonds is 6. The molecule has 0 bridgehead atoms. The van der Waals surface area contributed by atoms with Gasteiger partial charge in [0.15, 0.2) is 0 Å². The molecular weight excluding hydrogens is 340 g/mol. The summed E-state index contributed by atoms with van der Waals surface area (Å²) in [5, 5.41) is 3.15. The minimum Gasteiger partial charge on any atom is -0.445 e. The van der Waals surface area contributed by atoms with Crippen LogP contribution in [0, 0.1) is 0 Å². The maximum Gasteiger partial charge on any atom is 0.408 e. The van der Waals surface area contributed by atoms with Crippen LogP contribution in [0.25, 0.3) is 0 Å². The first-order valence-electron chi connectivity index (χ1n) is 7.93. The normalized spacial score (nSPS) is 11.5. The largest absolute Gasteiger partial charge is 0.445 e. The number of halogens is 1. The maximum atomic E-state index is 12.4. The van der Waals surface area contributed by atoms with Crippen molar-refractivity contribution in [3.05, 3.63) is 70.7 Å². The van der Waals surface area contributed by atoms with E-state index in [1.807, 2.05) is 48.5 Å². The number of nitrogens with one attached hydrogen (secondary N) is 1. The van der Waals surface area contributed by atoms with E-state index in [1.54, 1.807) is 20.0 Å². The van der Waals surface area contributed by atoms with Crippen LogP contribution in [0.1, 0.15) is 18.1 Å². The lowest BCUT2D eigenvalue weighted by Crippen LogP contribution is -2.45. The van der Waals surface area contributed by atoms with Crippen LogP contribution >= 0.6 is 11.6 Å². The maximum absolute atomic E-state index is 12.4. The van der Waals surface area contributed by atoms with Gasteiger partial charge in [0.05, 0.1) is 0 Å². The molecule has 0 aliphatic carbocycles. The number of carbonyl (C=O) groups excluding carboxylic acids is 2. The number of ether oxygens (including phenoxy) is 1. The summed E-state index contributed by atoms with van der Waals surface area (Å²) in [5.74, 6) is -0.225. The zero-order valence-electron chi connectivity index (χ0n) is 14.2. The Morgan fingerprint density at radius 3 is 2.44 bits per heavy atom. The fourth-order valence-electron chi connectivity index (χ4n) is 2.29. The molecule has 25 heavy (non-hydrogen) atoms. The number of amides is 2. The fraction of sp³-hybridized carbons (Fsp3) is 0.263. The summed E-state index contributed by atoms with van der Waals surface area (Å²) >= 11 is 6.11. The van der Waals surface area contributed by atoms with E-state index in [9.17, 15) is 9.59 Å². The van der Waals surface area contributed by atoms with E-state index in [0.717, 1.165) is 11.1 Å². The van der Waals surface area contributed by atoms with Crippen LogP contribution in [-0.4, -0.2) is 30.0 Å². The molecule has 5 nitrogen and oxygen atoms in total. The van der Waals surface area contributed by atoms with Gasteiger partial charge in [-0.2, -0.15) is 0 Å². The standard InChI is InChI=1S/C19H21ClN2O3/c1-14(21-19(24)25-13-15-8-4-3-5-9-15)18(23)22(2)12-16-10-6-7-11-17(16)20/h3-11,14H,12-13H2,1-2H3,(H,21,24)/t14-/m0/s1. The number of hydrogen-bond donors (Lipinski definition) is 1. The molecule has 2 aromatic rings. The lowest BCUT2D eigenvalue weighted by Gasteiger charge is -2.22. The Labute approximate surface area is 152 Å². The van der Waals surface area contributed by atoms with Gasteiger partial charge < -0.3 is 15.0 Å². The van der Waals surface area contributed by atoms with E-state index in [1.165, 1.54) is 4.90 Å². The second kappa shape index (κ2) is 9.08. The summed E-state index contributed by atoms with van der Waals surface area (Å²) in [7, 11) is 1.67. The molecule has 0 heterocycles. The van der Waals surface area contributed by atoms with Crippen molar-refractivity contribution in [2.75, 3.05) is 7.05 Å². The molecular formula is C19H21ClN2O3. The molecule has 1 N–H and O–H groups in total. The van der Waals surface area contributed by atoms with Crippen LogP contribution in [0.3, 0.4) is 0 Å². The number of alkyl carbamates (subject to hydrolysis) is 1. The van der Waals surface area contributed by atoms with Crippen LogP contribution in [0.15, 0.2) is 54.6 Å². The molecule has 0 spiro atoms. The van der Waals surface area contributed by atoms with E-state index >= 15 is 0 Å². The summed E-state index contributed by atoms with van der Waals surface area (Å²) in [6, 6.07) is 16.0. The molecule has 2 aromatic carbocycles. The molecule has 0 aromatic heterocycles. The Balaban J connectivity index is 1.82. The van der Waals surface area contributed by atoms with Gasteiger partial charge in [0.1, 0.15) is 12.6 Å². The first-order valence-corrected chi connectivity index (χ1v) is 8.30. The third-order valence-corrected chi connectivity index (χ3v) is 4.03. The number of likely N-dealkylation sites (N-methyl/N-ethyl adjacent to an activating group) is 1. The predicted molar refractivity (Wildman–Crippen MR) is 97.2 cm³/mol. The molecule has 0 saturated heterocycles. The topological polar surface area (TPSA) is 58.6 Å². The summed E-state index contributed by atoms with van der Waals surface area (Å²) in [5.41, 5.74) is 1.73. The minimum absolute atomic E-state index is 0.156. The van der Waals surface area contributed by atoms with Gasteiger partial charge in [-0.15, -0.1) is 0 Å². The summed E-state index contributed by atoms with van der Waals surface area (Å²) in [4.78, 5) is 25.7. The van der Waals surface area contributed by atoms with E-state index < -0.39 is 12.1 Å². The molecule has 2 rings (SSSR count). The van der Waals surface area contributed by atoms with Crippen LogP contribution in [-0.2, 0) is 22.7 Å². The Morgan fingerprint density at radius 1 is 1.12 bits per heavy atom. The molecule has 0 fully saturated rings. The highest BCUT2D eigenvalue weighted by Crippen LogP contribution is 2.16. The van der Waals surface area contributed by atoms with Gasteiger partial charge in [-0.3, -0.25) is 4.79 Å². The third kappa shape index (κ3) is 5.80. The van der Waals surface area contributed by atoms with Crippen molar-refractivity contribution in [2.24, 2.45) is 0 Å². The number of benzene rings is 2. The van der Waals surface area contributed by atoms with Crippen molar-refractivity contribution in [3.63, 3.8) is 0 Å². The Morgan fingerprint density at radius 2 is 1.76 bits per heavy atom. The van der Waals surface area contributed by atoms with Gasteiger partial charge in [0.25, 0.3) is 0 Å². The zero-order chi connectivity index (χ0) is 18.2. The number of carbonyl (C=O) groups is 2. The van der Waals surface area contributed by atoms with E-state index in [2.05, 4.69) is 5.32 Å². The van der Waals surface area contributed by atoms with Crippen LogP contribution < -0.4 is 5.32 Å². The van der Waals surface area contributed by atoms with Gasteiger partial charge in [0, 0.05) is 18.6 Å². The Hall–Kier alpha value is -2.53. The fourth-order valence-corrected chi connectivity index (χ4v) is 2.49. The average Bonchev–Trinajstić information content (AvgIpc) is 2.62. The summed E-state index contributed by atoms with van der Waals surface area (Å²) < 4.78 is 5.12. The summed E-state index contributed by atoms with van der Waals surface area (Å²) in [6.45, 7) is 2.14. The van der Waals surface area contributed by atoms with Crippen molar-refractivity contribution in [1.29, 1.82) is 0 Å². The average molecular weight is 361 g/mol. The van der Waals surface area contributed by atoms with Crippen LogP contribution in [0.5, 0.6) is 0 Å². The smallest absolute Gasteiger partial charge is 0.408 e. The van der Waals surface area contributed by atoms with Gasteiger partial charge in [-0.05, 0) is 24.1 Å². The molecule has 0 aliphatic heterocycles. The number of nitrogens with zero attached hydrogens (tertiary/aromatic N) is 1. The van der Waals surface area contributed by atoms with Crippen LogP contribution in [0.4, 0.5) is 4.79 Å². The summed E-state index contributed by atoms with van der Waals surface area (Å²) in [6.07, 6.45) is -0.629. The van der Waals surface area contributed by atoms with E-state index in [-0.39, 0.29) is 12.5 Å². The highest BCUT2D eigenvalue weighted by molar-refractivity contribution is 6.31. The Kier molecular flexibility index (Phi) is 6.83. The quantitative estimate of drug-likeness (QED) is 0.856. The Bertz CT molecular complexity index is 722. The van der Waals surface area contributed by atoms with Gasteiger partial charge in [0.2, 0.25) is 5.91 Å². The third-order valence-electron chi connectivity index (χ3n) is 3.66. The lowest BCUT2D eigenvalue weighted by atomic mass is 10.2. The predicted octanol–water partition coefficient (Wildman–Crippen LogP) is 3.61. The molecule has 6 heteroatoms. The molecule has 0 saturated carbocycles. The molecule has 0 radical (unpaired) electrons. The first kappa shape index (κ1) is 18.8. The monoisotopic (exact) mass is 360 g/mol.